The summed E-state index contributed by atoms with van der Waals surface area (Å²) in [6, 6.07) is 0. The molecule has 1 saturated carbocycles. The summed E-state index contributed by atoms with van der Waals surface area (Å²) in [5, 5.41) is -0.450. The van der Waals surface area contributed by atoms with Crippen LogP contribution in [0.25, 0.3) is 0 Å². The fourth-order valence-corrected chi connectivity index (χ4v) is 1.85. The second-order valence-electron chi connectivity index (χ2n) is 3.77. The minimum Gasteiger partial charge on any atom is -0.465 e. The van der Waals surface area contributed by atoms with Gasteiger partial charge in [-0.2, -0.15) is 0 Å². The van der Waals surface area contributed by atoms with E-state index in [0.29, 0.717) is 0 Å². The number of ether oxygens (including phenoxy) is 1. The van der Waals surface area contributed by atoms with Crippen LogP contribution >= 0.6 is 24.8 Å². The smallest absolute Gasteiger partial charge is 0.273 e. The van der Waals surface area contributed by atoms with Crippen LogP contribution in [0.1, 0.15) is 39.0 Å². The van der Waals surface area contributed by atoms with Crippen molar-refractivity contribution in [3.63, 3.8) is 0 Å². The van der Waals surface area contributed by atoms with E-state index in [2.05, 4.69) is 25.3 Å². The molecule has 0 bridgehead atoms. The number of hydrogen-bond donors (Lipinski definition) is 3. The number of amides is 1. The van der Waals surface area contributed by atoms with Crippen LogP contribution in [0.2, 0.25) is 0 Å². The van der Waals surface area contributed by atoms with Crippen molar-refractivity contribution in [2.75, 3.05) is 0 Å². The summed E-state index contributed by atoms with van der Waals surface area (Å²) >= 11 is 7.81. The second-order valence-corrected chi connectivity index (χ2v) is 4.61. The monoisotopic (exact) mass is 314 g/mol. The topological polar surface area (TPSA) is 78.3 Å². The van der Waals surface area contributed by atoms with Crippen molar-refractivity contribution in [2.24, 2.45) is 11.5 Å². The zero-order chi connectivity index (χ0) is 11.9. The van der Waals surface area contributed by atoms with Crippen molar-refractivity contribution < 1.29 is 29.0 Å². The molecule has 0 saturated heterocycles. The first kappa shape index (κ1) is 18.5. The molecule has 1 rings (SSSR count). The van der Waals surface area contributed by atoms with Crippen LogP contribution in [0.5, 0.6) is 0 Å². The van der Waals surface area contributed by atoms with Gasteiger partial charge < -0.3 is 16.2 Å². The molecule has 1 fully saturated rings. The fraction of sp³-hybridized carbons (Fsp3) is 0.778. The molecule has 0 atom stereocenters. The first-order chi connectivity index (χ1) is 6.86. The van der Waals surface area contributed by atoms with Crippen molar-refractivity contribution in [2.45, 2.75) is 44.6 Å². The first-order valence-electron chi connectivity index (χ1n) is 4.82. The zero-order valence-electron chi connectivity index (χ0n) is 9.57. The second kappa shape index (κ2) is 9.19. The normalized spacial score (nSPS) is 17.1. The molecule has 7 heteroatoms. The van der Waals surface area contributed by atoms with Crippen LogP contribution in [-0.2, 0) is 24.2 Å². The van der Waals surface area contributed by atoms with E-state index in [-0.39, 0.29) is 30.3 Å². The number of carbonyl (C=O) groups is 1. The third-order valence-corrected chi connectivity index (χ3v) is 2.34. The first-order valence-corrected chi connectivity index (χ1v) is 5.68. The number of primary amides is 1. The quantitative estimate of drug-likeness (QED) is 0.393. The van der Waals surface area contributed by atoms with E-state index in [1.165, 1.54) is 19.3 Å². The molecule has 90 valence electrons. The van der Waals surface area contributed by atoms with Gasteiger partial charge in [-0.3, -0.25) is 4.79 Å². The molecule has 4 nitrogen and oxygen atoms in total. The van der Waals surface area contributed by atoms with Crippen LogP contribution in [0.15, 0.2) is 0 Å². The molecular weight excluding hydrogens is 298 g/mol. The molecule has 1 amide bonds. The number of hydrogen-bond acceptors (Lipinski definition) is 3. The Balaban J connectivity index is 0. The SMILES string of the molecule is CC1(OC(N)=S)CCCCC1.NC(=O)S.[Zn]. The van der Waals surface area contributed by atoms with Crippen molar-refractivity contribution in [3.8, 4) is 0 Å². The minimum atomic E-state index is -0.639. The maximum Gasteiger partial charge on any atom is 0.273 e. The maximum absolute atomic E-state index is 9.09. The number of thiocarbonyl (C=S) groups is 1. The van der Waals surface area contributed by atoms with E-state index in [9.17, 15) is 0 Å². The van der Waals surface area contributed by atoms with E-state index < -0.39 is 5.24 Å². The summed E-state index contributed by atoms with van der Waals surface area (Å²) in [5.41, 5.74) is 9.59. The van der Waals surface area contributed by atoms with E-state index in [4.69, 9.17) is 27.5 Å². The largest absolute Gasteiger partial charge is 0.465 e. The van der Waals surface area contributed by atoms with Gasteiger partial charge in [-0.25, -0.2) is 0 Å². The van der Waals surface area contributed by atoms with E-state index in [1.54, 1.807) is 0 Å². The van der Waals surface area contributed by atoms with Gasteiger partial charge in [0.1, 0.15) is 5.60 Å². The average Bonchev–Trinajstić information content (AvgIpc) is 2.01. The Hall–Kier alpha value is 0.133. The molecule has 0 unspecified atom stereocenters. The molecular formula is C9H18N2O2S2Zn. The molecule has 1 aliphatic carbocycles. The van der Waals surface area contributed by atoms with E-state index in [0.717, 1.165) is 12.8 Å². The summed E-state index contributed by atoms with van der Waals surface area (Å²) in [4.78, 5) is 9.09. The van der Waals surface area contributed by atoms with Crippen LogP contribution in [0, 0.1) is 0 Å². The maximum atomic E-state index is 9.09. The van der Waals surface area contributed by atoms with Crippen LogP contribution in [0.3, 0.4) is 0 Å². The fourth-order valence-electron chi connectivity index (χ4n) is 1.64. The van der Waals surface area contributed by atoms with Crippen LogP contribution in [-0.4, -0.2) is 16.0 Å². The molecule has 16 heavy (non-hydrogen) atoms. The predicted molar refractivity (Wildman–Crippen MR) is 67.9 cm³/mol. The number of nitrogens with two attached hydrogens (primary N) is 2. The van der Waals surface area contributed by atoms with Gasteiger partial charge in [0.15, 0.2) is 0 Å². The molecule has 0 aromatic carbocycles. The molecule has 4 N–H and O–H groups in total. The van der Waals surface area contributed by atoms with Gasteiger partial charge in [0.25, 0.3) is 10.4 Å². The molecule has 0 aliphatic heterocycles. The zero-order valence-corrected chi connectivity index (χ0v) is 14.2. The minimum absolute atomic E-state index is 0. The molecule has 1 aliphatic rings. The molecule has 0 aromatic heterocycles. The standard InChI is InChI=1S/C8H15NOS.CH3NOS.Zn/c1-8(10-7(9)11)5-3-2-4-6-8;2-1(3)4;/h2-6H2,1H3,(H2,9,11);(H3,2,3,4);. The molecule has 0 aromatic rings. The summed E-state index contributed by atoms with van der Waals surface area (Å²) in [5.74, 6) is 0. The Bertz CT molecular complexity index is 230. The Labute approximate surface area is 120 Å². The van der Waals surface area contributed by atoms with Crippen molar-refractivity contribution in [1.29, 1.82) is 0 Å². The number of rotatable bonds is 1. The third kappa shape index (κ3) is 10.6. The summed E-state index contributed by atoms with van der Waals surface area (Å²) in [7, 11) is 0. The van der Waals surface area contributed by atoms with Gasteiger partial charge in [-0.15, -0.1) is 0 Å². The molecule has 0 spiro atoms. The van der Waals surface area contributed by atoms with Gasteiger partial charge >= 0.3 is 0 Å². The number of thiol groups is 1. The van der Waals surface area contributed by atoms with Crippen molar-refractivity contribution in [3.05, 3.63) is 0 Å². The molecule has 0 radical (unpaired) electrons. The Morgan fingerprint density at radius 1 is 1.31 bits per heavy atom. The Morgan fingerprint density at radius 3 is 2.00 bits per heavy atom. The molecule has 0 heterocycles. The van der Waals surface area contributed by atoms with E-state index >= 15 is 0 Å². The van der Waals surface area contributed by atoms with Gasteiger partial charge in [-0.05, 0) is 44.8 Å². The summed E-state index contributed by atoms with van der Waals surface area (Å²) in [6.45, 7) is 2.09. The number of carbonyl (C=O) groups excluding carboxylic acids is 1. The summed E-state index contributed by atoms with van der Waals surface area (Å²) in [6.07, 6.45) is 5.96. The van der Waals surface area contributed by atoms with Gasteiger partial charge in [0.2, 0.25) is 0 Å². The predicted octanol–water partition coefficient (Wildman–Crippen LogP) is 1.96. The van der Waals surface area contributed by atoms with Crippen LogP contribution < -0.4 is 11.5 Å². The summed E-state index contributed by atoms with van der Waals surface area (Å²) < 4.78 is 5.39. The van der Waals surface area contributed by atoms with Crippen molar-refractivity contribution >= 4 is 35.3 Å². The van der Waals surface area contributed by atoms with Gasteiger partial charge in [0, 0.05) is 19.5 Å². The average molecular weight is 316 g/mol. The van der Waals surface area contributed by atoms with Gasteiger partial charge in [0.05, 0.1) is 0 Å². The van der Waals surface area contributed by atoms with Gasteiger partial charge in [-0.1, -0.05) is 19.0 Å². The van der Waals surface area contributed by atoms with E-state index in [1.807, 2.05) is 0 Å². The van der Waals surface area contributed by atoms with Crippen molar-refractivity contribution in [1.82, 2.24) is 0 Å². The third-order valence-electron chi connectivity index (χ3n) is 2.26. The Morgan fingerprint density at radius 2 is 1.69 bits per heavy atom. The Kier molecular flexibility index (Phi) is 10.6. The van der Waals surface area contributed by atoms with Crippen LogP contribution in [0.4, 0.5) is 4.79 Å².